The van der Waals surface area contributed by atoms with Crippen LogP contribution in [0.1, 0.15) is 36.5 Å². The number of nitrogens with one attached hydrogen (secondary N) is 2. The van der Waals surface area contributed by atoms with Crippen LogP contribution in [0.2, 0.25) is 0 Å². The number of ether oxygens (including phenoxy) is 2. The summed E-state index contributed by atoms with van der Waals surface area (Å²) in [6, 6.07) is 16.3. The molecule has 0 aliphatic carbocycles. The smallest absolute Gasteiger partial charge is 0.261 e. The van der Waals surface area contributed by atoms with E-state index < -0.39 is 26.0 Å². The Labute approximate surface area is 229 Å². The highest BCUT2D eigenvalue weighted by atomic mass is 32.2. The summed E-state index contributed by atoms with van der Waals surface area (Å²) < 4.78 is 66.4. The zero-order chi connectivity index (χ0) is 28.0. The summed E-state index contributed by atoms with van der Waals surface area (Å²) in [5.41, 5.74) is 0.748. The number of methoxy groups -OCH3 is 1. The van der Waals surface area contributed by atoms with Gasteiger partial charge in [-0.25, -0.2) is 16.8 Å². The Kier molecular flexibility index (Phi) is 8.78. The van der Waals surface area contributed by atoms with E-state index in [1.54, 1.807) is 24.3 Å². The monoisotopic (exact) mass is 573 g/mol. The summed E-state index contributed by atoms with van der Waals surface area (Å²) in [6.07, 6.45) is 2.58. The van der Waals surface area contributed by atoms with E-state index in [2.05, 4.69) is 10.0 Å². The number of amides is 1. The van der Waals surface area contributed by atoms with Crippen molar-refractivity contribution in [2.24, 2.45) is 0 Å². The van der Waals surface area contributed by atoms with Gasteiger partial charge in [0.25, 0.3) is 15.9 Å². The molecule has 0 unspecified atom stereocenters. The summed E-state index contributed by atoms with van der Waals surface area (Å²) in [4.78, 5) is 13.1. The molecule has 1 saturated heterocycles. The van der Waals surface area contributed by atoms with E-state index in [0.29, 0.717) is 36.8 Å². The molecule has 208 valence electrons. The number of sulfonamides is 2. The van der Waals surface area contributed by atoms with Gasteiger partial charge in [0.15, 0.2) is 0 Å². The quantitative estimate of drug-likeness (QED) is 0.369. The van der Waals surface area contributed by atoms with E-state index >= 15 is 0 Å². The Morgan fingerprint density at radius 1 is 0.846 bits per heavy atom. The minimum atomic E-state index is -3.87. The first-order chi connectivity index (χ1) is 18.6. The first-order valence-electron chi connectivity index (χ1n) is 12.5. The fourth-order valence-corrected chi connectivity index (χ4v) is 6.80. The van der Waals surface area contributed by atoms with Crippen molar-refractivity contribution >= 4 is 37.3 Å². The third-order valence-corrected chi connectivity index (χ3v) is 9.50. The van der Waals surface area contributed by atoms with E-state index in [9.17, 15) is 21.6 Å². The van der Waals surface area contributed by atoms with E-state index in [1.165, 1.54) is 53.9 Å². The number of carbonyl (C=O) groups excluding carboxylic acids is 1. The number of benzene rings is 3. The van der Waals surface area contributed by atoms with Crippen LogP contribution in [0.25, 0.3) is 0 Å². The molecule has 3 aromatic carbocycles. The molecular weight excluding hydrogens is 542 g/mol. The standard InChI is InChI=1S/C27H31N3O7S2/c1-3-37-22-11-7-21(8-12-22)29-38(32,33)23-13-9-20(10-14-23)28-27(31)25-19-24(15-16-26(25)36-2)39(34,35)30-17-5-4-6-18-30/h7-16,19,29H,3-6,17-18H2,1-2H3,(H,28,31). The van der Waals surface area contributed by atoms with Crippen molar-refractivity contribution in [1.82, 2.24) is 4.31 Å². The number of rotatable bonds is 10. The maximum Gasteiger partial charge on any atom is 0.261 e. The van der Waals surface area contributed by atoms with Gasteiger partial charge in [0, 0.05) is 24.5 Å². The number of nitrogens with zero attached hydrogens (tertiary/aromatic N) is 1. The second-order valence-corrected chi connectivity index (χ2v) is 12.5. The maximum atomic E-state index is 13.1. The van der Waals surface area contributed by atoms with E-state index in [0.717, 1.165) is 19.3 Å². The zero-order valence-corrected chi connectivity index (χ0v) is 23.3. The Balaban J connectivity index is 1.49. The molecule has 0 spiro atoms. The number of carbonyl (C=O) groups is 1. The van der Waals surface area contributed by atoms with Gasteiger partial charge in [-0.15, -0.1) is 0 Å². The van der Waals surface area contributed by atoms with Crippen LogP contribution in [0.5, 0.6) is 11.5 Å². The second-order valence-electron chi connectivity index (χ2n) is 8.87. The first kappa shape index (κ1) is 28.4. The van der Waals surface area contributed by atoms with Crippen LogP contribution < -0.4 is 19.5 Å². The average Bonchev–Trinajstić information content (AvgIpc) is 2.94. The predicted molar refractivity (Wildman–Crippen MR) is 148 cm³/mol. The lowest BCUT2D eigenvalue weighted by Gasteiger charge is -2.26. The number of hydrogen-bond acceptors (Lipinski definition) is 7. The molecule has 0 aromatic heterocycles. The second kappa shape index (κ2) is 12.1. The molecule has 3 aromatic rings. The molecule has 1 heterocycles. The summed E-state index contributed by atoms with van der Waals surface area (Å²) in [7, 11) is -6.24. The van der Waals surface area contributed by atoms with Gasteiger partial charge in [-0.05, 0) is 86.5 Å². The molecular formula is C27H31N3O7S2. The van der Waals surface area contributed by atoms with Gasteiger partial charge in [-0.3, -0.25) is 9.52 Å². The topological polar surface area (TPSA) is 131 Å². The fraction of sp³-hybridized carbons (Fsp3) is 0.296. The molecule has 1 fully saturated rings. The van der Waals surface area contributed by atoms with Gasteiger partial charge in [-0.2, -0.15) is 4.31 Å². The minimum absolute atomic E-state index is 0.00147. The Bertz CT molecular complexity index is 1520. The SMILES string of the molecule is CCOc1ccc(NS(=O)(=O)c2ccc(NC(=O)c3cc(S(=O)(=O)N4CCCCC4)ccc3OC)cc2)cc1. The molecule has 0 radical (unpaired) electrons. The van der Waals surface area contributed by atoms with Gasteiger partial charge in [-0.1, -0.05) is 6.42 Å². The summed E-state index contributed by atoms with van der Waals surface area (Å²) in [5, 5.41) is 2.68. The summed E-state index contributed by atoms with van der Waals surface area (Å²) in [5.74, 6) is 0.251. The lowest BCUT2D eigenvalue weighted by Crippen LogP contribution is -2.35. The highest BCUT2D eigenvalue weighted by Gasteiger charge is 2.28. The molecule has 39 heavy (non-hydrogen) atoms. The third kappa shape index (κ3) is 6.70. The number of piperidine rings is 1. The van der Waals surface area contributed by atoms with Gasteiger partial charge >= 0.3 is 0 Å². The molecule has 1 aliphatic rings. The number of anilines is 2. The normalized spacial score (nSPS) is 14.4. The van der Waals surface area contributed by atoms with Crippen LogP contribution in [0, 0.1) is 0 Å². The van der Waals surface area contributed by atoms with Crippen molar-refractivity contribution in [3.8, 4) is 11.5 Å². The minimum Gasteiger partial charge on any atom is -0.496 e. The van der Waals surface area contributed by atoms with Crippen molar-refractivity contribution < 1.29 is 31.1 Å². The average molecular weight is 574 g/mol. The zero-order valence-electron chi connectivity index (χ0n) is 21.7. The molecule has 1 amide bonds. The van der Waals surface area contributed by atoms with E-state index in [-0.39, 0.29) is 21.1 Å². The van der Waals surface area contributed by atoms with Gasteiger partial charge in [0.1, 0.15) is 11.5 Å². The van der Waals surface area contributed by atoms with Crippen LogP contribution in [0.4, 0.5) is 11.4 Å². The van der Waals surface area contributed by atoms with Gasteiger partial charge in [0.2, 0.25) is 10.0 Å². The van der Waals surface area contributed by atoms with Crippen LogP contribution >= 0.6 is 0 Å². The van der Waals surface area contributed by atoms with Crippen LogP contribution in [0.3, 0.4) is 0 Å². The Morgan fingerprint density at radius 2 is 1.46 bits per heavy atom. The van der Waals surface area contributed by atoms with Crippen molar-refractivity contribution in [2.45, 2.75) is 36.0 Å². The highest BCUT2D eigenvalue weighted by molar-refractivity contribution is 7.92. The lowest BCUT2D eigenvalue weighted by molar-refractivity contribution is 0.102. The highest BCUT2D eigenvalue weighted by Crippen LogP contribution is 2.27. The Morgan fingerprint density at radius 3 is 2.08 bits per heavy atom. The van der Waals surface area contributed by atoms with Gasteiger partial charge < -0.3 is 14.8 Å². The van der Waals surface area contributed by atoms with Gasteiger partial charge in [0.05, 0.1) is 29.1 Å². The Hall–Kier alpha value is -3.61. The molecule has 0 bridgehead atoms. The molecule has 2 N–H and O–H groups in total. The fourth-order valence-electron chi connectivity index (χ4n) is 4.20. The molecule has 1 aliphatic heterocycles. The van der Waals surface area contributed by atoms with Crippen molar-refractivity contribution in [2.75, 3.05) is 36.8 Å². The molecule has 0 atom stereocenters. The van der Waals surface area contributed by atoms with Crippen LogP contribution in [-0.4, -0.2) is 53.9 Å². The predicted octanol–water partition coefficient (Wildman–Crippen LogP) is 4.32. The largest absolute Gasteiger partial charge is 0.496 e. The van der Waals surface area contributed by atoms with E-state index in [4.69, 9.17) is 9.47 Å². The summed E-state index contributed by atoms with van der Waals surface area (Å²) >= 11 is 0. The molecule has 10 nitrogen and oxygen atoms in total. The third-order valence-electron chi connectivity index (χ3n) is 6.21. The first-order valence-corrected chi connectivity index (χ1v) is 15.4. The maximum absolute atomic E-state index is 13.1. The molecule has 12 heteroatoms. The van der Waals surface area contributed by atoms with Crippen LogP contribution in [0.15, 0.2) is 76.5 Å². The van der Waals surface area contributed by atoms with Crippen molar-refractivity contribution in [3.63, 3.8) is 0 Å². The van der Waals surface area contributed by atoms with Crippen LogP contribution in [-0.2, 0) is 20.0 Å². The number of hydrogen-bond donors (Lipinski definition) is 2. The van der Waals surface area contributed by atoms with E-state index in [1.807, 2.05) is 6.92 Å². The molecule has 4 rings (SSSR count). The molecule has 0 saturated carbocycles. The van der Waals surface area contributed by atoms with Crippen molar-refractivity contribution in [1.29, 1.82) is 0 Å². The van der Waals surface area contributed by atoms with Crippen molar-refractivity contribution in [3.05, 3.63) is 72.3 Å². The lowest BCUT2D eigenvalue weighted by atomic mass is 10.2. The summed E-state index contributed by atoms with van der Waals surface area (Å²) in [6.45, 7) is 3.25.